The molecule has 0 aliphatic carbocycles. The van der Waals surface area contributed by atoms with Crippen LogP contribution in [0.2, 0.25) is 0 Å². The Morgan fingerprint density at radius 2 is 2.03 bits per heavy atom. The second kappa shape index (κ2) is 10.3. The van der Waals surface area contributed by atoms with Crippen LogP contribution in [0.4, 0.5) is 0 Å². The highest BCUT2D eigenvalue weighted by atomic mass is 16.5. The summed E-state index contributed by atoms with van der Waals surface area (Å²) in [5.41, 5.74) is 3.89. The predicted molar refractivity (Wildman–Crippen MR) is 130 cm³/mol. The minimum absolute atomic E-state index is 0.0530. The van der Waals surface area contributed by atoms with E-state index in [0.717, 1.165) is 60.3 Å². The van der Waals surface area contributed by atoms with Crippen molar-refractivity contribution in [3.8, 4) is 0 Å². The molecule has 1 fully saturated rings. The van der Waals surface area contributed by atoms with Crippen LogP contribution in [0.3, 0.4) is 0 Å². The molecule has 1 N–H and O–H groups in total. The van der Waals surface area contributed by atoms with E-state index in [1.165, 1.54) is 5.56 Å². The lowest BCUT2D eigenvalue weighted by molar-refractivity contribution is 0.0663. The molecule has 1 saturated heterocycles. The highest BCUT2D eigenvalue weighted by molar-refractivity contribution is 5.81. The van der Waals surface area contributed by atoms with E-state index < -0.39 is 0 Å². The number of pyridine rings is 1. The number of aryl methyl sites for hydroxylation is 3. The van der Waals surface area contributed by atoms with Gasteiger partial charge in [0, 0.05) is 31.8 Å². The van der Waals surface area contributed by atoms with Crippen LogP contribution in [0, 0.1) is 6.92 Å². The van der Waals surface area contributed by atoms with Crippen LogP contribution in [0.25, 0.3) is 10.9 Å². The Morgan fingerprint density at radius 3 is 2.85 bits per heavy atom. The summed E-state index contributed by atoms with van der Waals surface area (Å²) in [6.45, 7) is 5.30. The predicted octanol–water partition coefficient (Wildman–Crippen LogP) is 3.25. The summed E-state index contributed by atoms with van der Waals surface area (Å²) < 4.78 is 7.77. The Hall–Kier alpha value is -3.36. The molecule has 2 aromatic heterocycles. The van der Waals surface area contributed by atoms with E-state index in [0.29, 0.717) is 19.6 Å². The van der Waals surface area contributed by atoms with Gasteiger partial charge in [-0.3, -0.25) is 9.69 Å². The number of rotatable bonds is 9. The lowest BCUT2D eigenvalue weighted by Gasteiger charge is -2.24. The minimum atomic E-state index is -0.0530. The Kier molecular flexibility index (Phi) is 6.78. The summed E-state index contributed by atoms with van der Waals surface area (Å²) in [5.74, 6) is 0.794. The van der Waals surface area contributed by atoms with E-state index in [-0.39, 0.29) is 11.7 Å². The molecule has 0 bridgehead atoms. The average molecular weight is 459 g/mol. The molecule has 1 aliphatic rings. The normalized spacial score (nSPS) is 16.0. The first-order valence-electron chi connectivity index (χ1n) is 11.9. The fraction of sp³-hybridized carbons (Fsp3) is 0.385. The Labute approximate surface area is 198 Å². The number of hydrogen-bond acceptors (Lipinski definition) is 6. The molecule has 3 heterocycles. The summed E-state index contributed by atoms with van der Waals surface area (Å²) in [7, 11) is 0. The zero-order valence-corrected chi connectivity index (χ0v) is 19.5. The van der Waals surface area contributed by atoms with Gasteiger partial charge in [-0.15, -0.1) is 5.10 Å². The first kappa shape index (κ1) is 22.4. The topological polar surface area (TPSA) is 88.9 Å². The highest BCUT2D eigenvalue weighted by Crippen LogP contribution is 2.19. The molecule has 0 unspecified atom stereocenters. The molecule has 2 aromatic carbocycles. The third-order valence-corrected chi connectivity index (χ3v) is 6.47. The second-order valence-corrected chi connectivity index (χ2v) is 9.02. The number of para-hydroxylation sites is 1. The van der Waals surface area contributed by atoms with Gasteiger partial charge in [-0.2, -0.15) is 0 Å². The smallest absolute Gasteiger partial charge is 0.252 e. The van der Waals surface area contributed by atoms with Gasteiger partial charge in [0.25, 0.3) is 5.56 Å². The van der Waals surface area contributed by atoms with Crippen molar-refractivity contribution < 1.29 is 4.74 Å². The molecule has 0 amide bonds. The second-order valence-electron chi connectivity index (χ2n) is 9.02. The maximum Gasteiger partial charge on any atom is 0.252 e. The number of nitrogens with one attached hydrogen (secondary N) is 1. The monoisotopic (exact) mass is 458 g/mol. The van der Waals surface area contributed by atoms with Gasteiger partial charge in [-0.1, -0.05) is 48.5 Å². The zero-order valence-electron chi connectivity index (χ0n) is 19.5. The highest BCUT2D eigenvalue weighted by Gasteiger charge is 2.22. The van der Waals surface area contributed by atoms with Crippen molar-refractivity contribution >= 4 is 10.9 Å². The number of benzene rings is 2. The fourth-order valence-corrected chi connectivity index (χ4v) is 4.64. The van der Waals surface area contributed by atoms with Crippen LogP contribution < -0.4 is 5.56 Å². The maximum atomic E-state index is 12.9. The van der Waals surface area contributed by atoms with Crippen LogP contribution in [0.5, 0.6) is 0 Å². The number of ether oxygens (including phenoxy) is 1. The number of hydrogen-bond donors (Lipinski definition) is 1. The van der Waals surface area contributed by atoms with E-state index >= 15 is 0 Å². The van der Waals surface area contributed by atoms with Crippen molar-refractivity contribution in [3.63, 3.8) is 0 Å². The van der Waals surface area contributed by atoms with E-state index in [1.54, 1.807) is 0 Å². The number of tetrazole rings is 1. The molecule has 8 nitrogen and oxygen atoms in total. The van der Waals surface area contributed by atoms with Crippen LogP contribution in [0.1, 0.15) is 35.4 Å². The first-order valence-corrected chi connectivity index (χ1v) is 11.9. The van der Waals surface area contributed by atoms with Gasteiger partial charge in [-0.05, 0) is 59.2 Å². The van der Waals surface area contributed by atoms with Gasteiger partial charge in [0.1, 0.15) is 0 Å². The van der Waals surface area contributed by atoms with Gasteiger partial charge in [0.05, 0.1) is 18.2 Å². The van der Waals surface area contributed by atoms with E-state index in [9.17, 15) is 4.79 Å². The quantitative estimate of drug-likeness (QED) is 0.414. The first-order chi connectivity index (χ1) is 16.7. The number of aromatic nitrogens is 5. The molecule has 0 radical (unpaired) electrons. The summed E-state index contributed by atoms with van der Waals surface area (Å²) in [6.07, 6.45) is 3.12. The molecule has 0 spiro atoms. The molecule has 1 atom stereocenters. The van der Waals surface area contributed by atoms with E-state index in [4.69, 9.17) is 4.74 Å². The van der Waals surface area contributed by atoms with Crippen molar-refractivity contribution in [2.75, 3.05) is 13.2 Å². The molecule has 0 saturated carbocycles. The van der Waals surface area contributed by atoms with Gasteiger partial charge in [0.15, 0.2) is 5.82 Å². The van der Waals surface area contributed by atoms with Crippen molar-refractivity contribution in [2.24, 2.45) is 0 Å². The standard InChI is InChI=1S/C26H30N6O2/c1-19-7-5-10-21-15-22(26(33)27-25(19)21)16-31(17-23-11-6-14-34-23)18-24-28-29-30-32(24)13-12-20-8-3-2-4-9-20/h2-5,7-10,15,23H,6,11-14,16-18H2,1H3,(H,27,33)/t23-/m0/s1. The summed E-state index contributed by atoms with van der Waals surface area (Å²) in [4.78, 5) is 18.2. The fourth-order valence-electron chi connectivity index (χ4n) is 4.64. The number of fused-ring (bicyclic) bond motifs is 1. The number of H-pyrrole nitrogens is 1. The Balaban J connectivity index is 1.36. The molecule has 4 aromatic rings. The van der Waals surface area contributed by atoms with Crippen molar-refractivity contribution in [2.45, 2.75) is 51.9 Å². The molecule has 5 rings (SSSR count). The minimum Gasteiger partial charge on any atom is -0.377 e. The number of aromatic amines is 1. The van der Waals surface area contributed by atoms with E-state index in [2.05, 4.69) is 37.5 Å². The van der Waals surface area contributed by atoms with Crippen LogP contribution in [-0.2, 0) is 30.8 Å². The largest absolute Gasteiger partial charge is 0.377 e. The van der Waals surface area contributed by atoms with Gasteiger partial charge >= 0.3 is 0 Å². The zero-order chi connectivity index (χ0) is 23.3. The molecule has 8 heteroatoms. The summed E-state index contributed by atoms with van der Waals surface area (Å²) in [6, 6.07) is 18.4. The average Bonchev–Trinajstić information content (AvgIpc) is 3.52. The maximum absolute atomic E-state index is 12.9. The van der Waals surface area contributed by atoms with Crippen LogP contribution in [0.15, 0.2) is 59.4 Å². The van der Waals surface area contributed by atoms with Crippen molar-refractivity contribution in [3.05, 3.63) is 87.5 Å². The van der Waals surface area contributed by atoms with Crippen molar-refractivity contribution in [1.29, 1.82) is 0 Å². The Bertz CT molecular complexity index is 1290. The SMILES string of the molecule is Cc1cccc2cc(CN(Cc3nnnn3CCc3ccccc3)C[C@@H]3CCCO3)c(=O)[nH]c12. The lowest BCUT2D eigenvalue weighted by atomic mass is 10.1. The molecule has 34 heavy (non-hydrogen) atoms. The van der Waals surface area contributed by atoms with Gasteiger partial charge < -0.3 is 9.72 Å². The van der Waals surface area contributed by atoms with Gasteiger partial charge in [0.2, 0.25) is 0 Å². The molecule has 176 valence electrons. The summed E-state index contributed by atoms with van der Waals surface area (Å²) >= 11 is 0. The van der Waals surface area contributed by atoms with E-state index in [1.807, 2.05) is 54.1 Å². The lowest BCUT2D eigenvalue weighted by Crippen LogP contribution is -2.34. The van der Waals surface area contributed by atoms with Gasteiger partial charge in [-0.25, -0.2) is 4.68 Å². The Morgan fingerprint density at radius 1 is 1.15 bits per heavy atom. The molecular formula is C26H30N6O2. The number of nitrogens with zero attached hydrogens (tertiary/aromatic N) is 5. The molecule has 1 aliphatic heterocycles. The van der Waals surface area contributed by atoms with Crippen LogP contribution in [-0.4, -0.2) is 49.3 Å². The summed E-state index contributed by atoms with van der Waals surface area (Å²) in [5, 5.41) is 13.5. The van der Waals surface area contributed by atoms with Crippen molar-refractivity contribution in [1.82, 2.24) is 30.1 Å². The third kappa shape index (κ3) is 5.24. The van der Waals surface area contributed by atoms with Crippen LogP contribution >= 0.6 is 0 Å². The third-order valence-electron chi connectivity index (χ3n) is 6.47. The molecular weight excluding hydrogens is 428 g/mol.